The molecule has 396 valence electrons. The van der Waals surface area contributed by atoms with E-state index < -0.39 is 6.10 Å². The number of rotatable bonds is 55. The maximum atomic E-state index is 12.9. The normalized spacial score (nSPS) is 12.6. The first-order valence-electron chi connectivity index (χ1n) is 29.8. The van der Waals surface area contributed by atoms with Crippen molar-refractivity contribution in [3.8, 4) is 0 Å². The van der Waals surface area contributed by atoms with Crippen molar-refractivity contribution < 1.29 is 23.8 Å². The van der Waals surface area contributed by atoms with Crippen LogP contribution >= 0.6 is 0 Å². The van der Waals surface area contributed by atoms with Crippen LogP contribution in [0.2, 0.25) is 0 Å². The summed E-state index contributed by atoms with van der Waals surface area (Å²) in [6.07, 6.45) is 75.3. The summed E-state index contributed by atoms with van der Waals surface area (Å²) >= 11 is 0. The van der Waals surface area contributed by atoms with Crippen LogP contribution in [0.3, 0.4) is 0 Å². The van der Waals surface area contributed by atoms with Gasteiger partial charge in [-0.2, -0.15) is 0 Å². The monoisotopic (exact) mass is 951 g/mol. The van der Waals surface area contributed by atoms with Gasteiger partial charge in [0.15, 0.2) is 6.10 Å². The molecule has 0 aliphatic heterocycles. The lowest BCUT2D eigenvalue weighted by Crippen LogP contribution is -2.30. The van der Waals surface area contributed by atoms with Gasteiger partial charge in [-0.25, -0.2) is 0 Å². The van der Waals surface area contributed by atoms with Crippen molar-refractivity contribution in [3.05, 3.63) is 60.8 Å². The van der Waals surface area contributed by atoms with E-state index in [1.54, 1.807) is 0 Å². The summed E-state index contributed by atoms with van der Waals surface area (Å²) in [7, 11) is 0. The van der Waals surface area contributed by atoms with Crippen LogP contribution in [-0.2, 0) is 23.8 Å². The summed E-state index contributed by atoms with van der Waals surface area (Å²) < 4.78 is 17.5. The quantitative estimate of drug-likeness (QED) is 0.0345. The van der Waals surface area contributed by atoms with Gasteiger partial charge in [-0.05, 0) is 64.2 Å². The van der Waals surface area contributed by atoms with Crippen molar-refractivity contribution in [1.82, 2.24) is 0 Å². The molecular weight excluding hydrogens is 837 g/mol. The summed E-state index contributed by atoms with van der Waals surface area (Å²) in [6, 6.07) is 0. The molecule has 0 saturated carbocycles. The fourth-order valence-corrected chi connectivity index (χ4v) is 8.66. The van der Waals surface area contributed by atoms with E-state index in [1.165, 1.54) is 193 Å². The first-order valence-corrected chi connectivity index (χ1v) is 29.8. The van der Waals surface area contributed by atoms with Gasteiger partial charge in [0.1, 0.15) is 6.61 Å². The molecule has 0 aromatic rings. The highest BCUT2D eigenvalue weighted by Gasteiger charge is 2.17. The smallest absolute Gasteiger partial charge is 0.306 e. The van der Waals surface area contributed by atoms with E-state index in [2.05, 4.69) is 81.5 Å². The molecule has 0 radical (unpaired) electrons. The second-order valence-electron chi connectivity index (χ2n) is 19.9. The highest BCUT2D eigenvalue weighted by atomic mass is 16.6. The molecule has 1 unspecified atom stereocenters. The highest BCUT2D eigenvalue weighted by Crippen LogP contribution is 2.17. The SMILES string of the molecule is CC/C=C\C/C=C\C/C=C\C/C=C\C/C=C\CCCCCCOCC(COC(=O)CCCCCCCCCCCCCCCCCCCCC)OC(=O)CCCCCCCCCCCCCCC. The van der Waals surface area contributed by atoms with Gasteiger partial charge >= 0.3 is 11.9 Å². The summed E-state index contributed by atoms with van der Waals surface area (Å²) in [4.78, 5) is 25.5. The van der Waals surface area contributed by atoms with Crippen LogP contribution in [0.4, 0.5) is 0 Å². The van der Waals surface area contributed by atoms with Gasteiger partial charge in [-0.15, -0.1) is 0 Å². The number of carbonyl (C=O) groups is 2. The van der Waals surface area contributed by atoms with E-state index in [-0.39, 0.29) is 25.2 Å². The van der Waals surface area contributed by atoms with Crippen molar-refractivity contribution in [2.45, 2.75) is 309 Å². The first-order chi connectivity index (χ1) is 33.6. The van der Waals surface area contributed by atoms with Gasteiger partial charge in [-0.1, -0.05) is 287 Å². The Hall–Kier alpha value is -2.40. The molecule has 0 saturated heterocycles. The summed E-state index contributed by atoms with van der Waals surface area (Å²) in [6.45, 7) is 7.71. The van der Waals surface area contributed by atoms with E-state index in [4.69, 9.17) is 14.2 Å². The second-order valence-corrected chi connectivity index (χ2v) is 19.9. The minimum Gasteiger partial charge on any atom is -0.462 e. The second kappa shape index (κ2) is 58.9. The first kappa shape index (κ1) is 65.6. The molecule has 0 N–H and O–H groups in total. The highest BCUT2D eigenvalue weighted by molar-refractivity contribution is 5.70. The third-order valence-electron chi connectivity index (χ3n) is 13.1. The van der Waals surface area contributed by atoms with Crippen molar-refractivity contribution in [2.24, 2.45) is 0 Å². The van der Waals surface area contributed by atoms with Crippen molar-refractivity contribution in [1.29, 1.82) is 0 Å². The van der Waals surface area contributed by atoms with E-state index in [0.29, 0.717) is 19.4 Å². The van der Waals surface area contributed by atoms with Crippen LogP contribution < -0.4 is 0 Å². The minimum absolute atomic E-state index is 0.0789. The molecule has 68 heavy (non-hydrogen) atoms. The number of carbonyl (C=O) groups excluding carboxylic acids is 2. The Labute approximate surface area is 424 Å². The molecule has 5 nitrogen and oxygen atoms in total. The predicted molar refractivity (Wildman–Crippen MR) is 298 cm³/mol. The zero-order valence-electron chi connectivity index (χ0n) is 45.6. The topological polar surface area (TPSA) is 61.8 Å². The lowest BCUT2D eigenvalue weighted by atomic mass is 10.0. The van der Waals surface area contributed by atoms with Gasteiger partial charge in [-0.3, -0.25) is 9.59 Å². The fourth-order valence-electron chi connectivity index (χ4n) is 8.66. The molecule has 0 aliphatic carbocycles. The molecule has 0 heterocycles. The van der Waals surface area contributed by atoms with Gasteiger partial charge in [0.05, 0.1) is 6.61 Å². The largest absolute Gasteiger partial charge is 0.462 e. The number of unbranched alkanes of at least 4 members (excludes halogenated alkanes) is 34. The molecule has 0 aromatic carbocycles. The molecular formula is C63H114O5. The lowest BCUT2D eigenvalue weighted by molar-refractivity contribution is -0.163. The van der Waals surface area contributed by atoms with Gasteiger partial charge in [0.2, 0.25) is 0 Å². The maximum absolute atomic E-state index is 12.9. The van der Waals surface area contributed by atoms with E-state index in [1.807, 2.05) is 0 Å². The Kier molecular flexibility index (Phi) is 56.8. The molecule has 0 aliphatic rings. The van der Waals surface area contributed by atoms with Gasteiger partial charge in [0, 0.05) is 19.4 Å². The zero-order valence-corrected chi connectivity index (χ0v) is 45.6. The molecule has 0 amide bonds. The van der Waals surface area contributed by atoms with Crippen LogP contribution in [0, 0.1) is 0 Å². The van der Waals surface area contributed by atoms with Gasteiger partial charge < -0.3 is 14.2 Å². The minimum atomic E-state index is -0.547. The third kappa shape index (κ3) is 56.2. The Morgan fingerprint density at radius 1 is 0.338 bits per heavy atom. The molecule has 0 aromatic heterocycles. The molecule has 1 atom stereocenters. The Morgan fingerprint density at radius 3 is 1.06 bits per heavy atom. The summed E-state index contributed by atoms with van der Waals surface area (Å²) in [5, 5.41) is 0. The summed E-state index contributed by atoms with van der Waals surface area (Å²) in [5.41, 5.74) is 0. The van der Waals surface area contributed by atoms with Crippen molar-refractivity contribution in [2.75, 3.05) is 19.8 Å². The molecule has 0 bridgehead atoms. The number of hydrogen-bond donors (Lipinski definition) is 0. The van der Waals surface area contributed by atoms with E-state index >= 15 is 0 Å². The maximum Gasteiger partial charge on any atom is 0.306 e. The Morgan fingerprint density at radius 2 is 0.662 bits per heavy atom. The lowest BCUT2D eigenvalue weighted by Gasteiger charge is -2.18. The summed E-state index contributed by atoms with van der Waals surface area (Å²) in [5.74, 6) is -0.395. The number of esters is 2. The average molecular weight is 952 g/mol. The molecule has 0 spiro atoms. The fraction of sp³-hybridized carbons (Fsp3) is 0.810. The van der Waals surface area contributed by atoms with E-state index in [9.17, 15) is 9.59 Å². The van der Waals surface area contributed by atoms with Crippen LogP contribution in [0.15, 0.2) is 60.8 Å². The zero-order chi connectivity index (χ0) is 49.2. The van der Waals surface area contributed by atoms with Crippen LogP contribution in [0.5, 0.6) is 0 Å². The molecule has 5 heteroatoms. The van der Waals surface area contributed by atoms with Crippen molar-refractivity contribution in [3.63, 3.8) is 0 Å². The van der Waals surface area contributed by atoms with Crippen LogP contribution in [-0.4, -0.2) is 37.9 Å². The molecule has 0 fully saturated rings. The molecule has 0 rings (SSSR count). The third-order valence-corrected chi connectivity index (χ3v) is 13.1. The van der Waals surface area contributed by atoms with Crippen LogP contribution in [0.1, 0.15) is 303 Å². The van der Waals surface area contributed by atoms with Crippen molar-refractivity contribution >= 4 is 11.9 Å². The predicted octanol–water partition coefficient (Wildman–Crippen LogP) is 20.5. The van der Waals surface area contributed by atoms with Crippen LogP contribution in [0.25, 0.3) is 0 Å². The number of hydrogen-bond acceptors (Lipinski definition) is 5. The standard InChI is InChI=1S/C63H114O5/c1-4-7-10-13-16-19-22-25-27-29-31-33-35-37-40-43-46-49-52-55-58-66-59-61(68-63(65)57-54-51-48-45-42-38-24-21-18-15-12-9-6-3)60-67-62(64)56-53-50-47-44-41-39-36-34-32-30-28-26-23-20-17-14-11-8-5-2/h7,10,16,19,25,27,31,33,37,40,61H,4-6,8-9,11-15,17-18,20-24,26,28-30,32,34-36,38-39,41-60H2,1-3H3/b10-7-,19-16-,27-25-,33-31-,40-37-. The Bertz CT molecular complexity index is 1170. The number of ether oxygens (including phenoxy) is 3. The van der Waals surface area contributed by atoms with E-state index in [0.717, 1.165) is 77.0 Å². The Balaban J connectivity index is 4.26. The number of allylic oxidation sites excluding steroid dienone is 10. The average Bonchev–Trinajstić information content (AvgIpc) is 3.34. The van der Waals surface area contributed by atoms with Gasteiger partial charge in [0.25, 0.3) is 0 Å².